The summed E-state index contributed by atoms with van der Waals surface area (Å²) in [6.45, 7) is 4.33. The van der Waals surface area contributed by atoms with Gasteiger partial charge in [-0.15, -0.1) is 0 Å². The molecule has 2 aliphatic heterocycles. The lowest BCUT2D eigenvalue weighted by atomic mass is 10.2. The van der Waals surface area contributed by atoms with E-state index in [2.05, 4.69) is 22.3 Å². The predicted octanol–water partition coefficient (Wildman–Crippen LogP) is 2.52. The van der Waals surface area contributed by atoms with Gasteiger partial charge in [0.05, 0.1) is 31.1 Å². The molecular weight excluding hydrogens is 314 g/mol. The fourth-order valence-electron chi connectivity index (χ4n) is 3.57. The second-order valence-corrected chi connectivity index (χ2v) is 6.39. The molecule has 0 atom stereocenters. The Morgan fingerprint density at radius 3 is 2.52 bits per heavy atom. The van der Waals surface area contributed by atoms with E-state index in [0.717, 1.165) is 56.3 Å². The van der Waals surface area contributed by atoms with E-state index in [-0.39, 0.29) is 5.91 Å². The van der Waals surface area contributed by atoms with Crippen LogP contribution in [0, 0.1) is 0 Å². The van der Waals surface area contributed by atoms with Gasteiger partial charge in [-0.3, -0.25) is 4.79 Å². The van der Waals surface area contributed by atoms with Crippen molar-refractivity contribution in [3.05, 3.63) is 54.1 Å². The molecule has 2 aliphatic rings. The van der Waals surface area contributed by atoms with E-state index >= 15 is 0 Å². The van der Waals surface area contributed by atoms with E-state index in [0.29, 0.717) is 6.54 Å². The molecule has 0 aliphatic carbocycles. The Bertz CT molecular complexity index is 756. The van der Waals surface area contributed by atoms with Crippen LogP contribution in [0.1, 0.15) is 5.56 Å². The number of carbonyl (C=O) groups excluding carboxylic acids is 1. The van der Waals surface area contributed by atoms with Gasteiger partial charge < -0.3 is 19.9 Å². The maximum Gasteiger partial charge on any atom is 0.246 e. The van der Waals surface area contributed by atoms with Crippen LogP contribution in [-0.4, -0.2) is 45.3 Å². The summed E-state index contributed by atoms with van der Waals surface area (Å²) in [5.41, 5.74) is 4.45. The predicted molar refractivity (Wildman–Crippen MR) is 100 cm³/mol. The van der Waals surface area contributed by atoms with Crippen molar-refractivity contribution in [2.45, 2.75) is 6.42 Å². The molecule has 5 nitrogen and oxygen atoms in total. The second kappa shape index (κ2) is 7.15. The first-order valence-corrected chi connectivity index (χ1v) is 8.87. The molecule has 25 heavy (non-hydrogen) atoms. The highest BCUT2D eigenvalue weighted by Crippen LogP contribution is 2.29. The van der Waals surface area contributed by atoms with Crippen molar-refractivity contribution in [1.29, 1.82) is 0 Å². The third kappa shape index (κ3) is 3.33. The topological polar surface area (TPSA) is 44.8 Å². The molecule has 4 rings (SSSR count). The second-order valence-electron chi connectivity index (χ2n) is 6.39. The van der Waals surface area contributed by atoms with Crippen molar-refractivity contribution in [2.24, 2.45) is 0 Å². The summed E-state index contributed by atoms with van der Waals surface area (Å²) < 4.78 is 5.44. The minimum absolute atomic E-state index is 0.113. The number of carbonyl (C=O) groups is 1. The fourth-order valence-corrected chi connectivity index (χ4v) is 3.57. The lowest BCUT2D eigenvalue weighted by Gasteiger charge is -2.30. The molecule has 0 saturated carbocycles. The van der Waals surface area contributed by atoms with Crippen molar-refractivity contribution >= 4 is 23.0 Å². The number of morpholine rings is 1. The fraction of sp³-hybridized carbons (Fsp3) is 0.350. The number of hydrogen-bond donors (Lipinski definition) is 1. The molecule has 0 aromatic heterocycles. The SMILES string of the molecule is O=C(CNc1ccccc1N1CCOCC1)N1CCc2ccccc21. The van der Waals surface area contributed by atoms with E-state index < -0.39 is 0 Å². The smallest absolute Gasteiger partial charge is 0.246 e. The third-order valence-corrected chi connectivity index (χ3v) is 4.87. The standard InChI is InChI=1S/C20H23N3O2/c24-20(23-10-9-16-5-1-3-7-18(16)23)15-21-17-6-2-4-8-19(17)22-11-13-25-14-12-22/h1-8,21H,9-15H2. The first-order chi connectivity index (χ1) is 12.3. The molecule has 1 fully saturated rings. The van der Waals surface area contributed by atoms with Crippen molar-refractivity contribution < 1.29 is 9.53 Å². The van der Waals surface area contributed by atoms with Gasteiger partial charge >= 0.3 is 0 Å². The molecule has 0 spiro atoms. The van der Waals surface area contributed by atoms with Crippen LogP contribution >= 0.6 is 0 Å². The van der Waals surface area contributed by atoms with Crippen LogP contribution in [0.5, 0.6) is 0 Å². The molecule has 2 heterocycles. The van der Waals surface area contributed by atoms with Gasteiger partial charge in [0.25, 0.3) is 0 Å². The average molecular weight is 337 g/mol. The van der Waals surface area contributed by atoms with Gasteiger partial charge in [0.15, 0.2) is 0 Å². The van der Waals surface area contributed by atoms with Gasteiger partial charge in [-0.25, -0.2) is 0 Å². The monoisotopic (exact) mass is 337 g/mol. The summed E-state index contributed by atoms with van der Waals surface area (Å²) in [7, 11) is 0. The molecule has 0 bridgehead atoms. The van der Waals surface area contributed by atoms with E-state index in [9.17, 15) is 4.79 Å². The van der Waals surface area contributed by atoms with Crippen molar-refractivity contribution in [1.82, 2.24) is 0 Å². The maximum atomic E-state index is 12.7. The Morgan fingerprint density at radius 1 is 0.960 bits per heavy atom. The van der Waals surface area contributed by atoms with Crippen LogP contribution in [0.4, 0.5) is 17.1 Å². The molecule has 1 amide bonds. The zero-order chi connectivity index (χ0) is 17.1. The van der Waals surface area contributed by atoms with Gasteiger partial charge in [-0.05, 0) is 30.2 Å². The molecule has 0 radical (unpaired) electrons. The van der Waals surface area contributed by atoms with Crippen LogP contribution in [0.15, 0.2) is 48.5 Å². The van der Waals surface area contributed by atoms with E-state index in [4.69, 9.17) is 4.74 Å². The summed E-state index contributed by atoms with van der Waals surface area (Å²) in [5.74, 6) is 0.113. The number of amides is 1. The number of rotatable bonds is 4. The summed E-state index contributed by atoms with van der Waals surface area (Å²) in [6, 6.07) is 16.3. The Morgan fingerprint density at radius 2 is 1.68 bits per heavy atom. The molecule has 2 aromatic rings. The quantitative estimate of drug-likeness (QED) is 0.931. The first-order valence-electron chi connectivity index (χ1n) is 8.87. The lowest BCUT2D eigenvalue weighted by Crippen LogP contribution is -2.37. The molecule has 5 heteroatoms. The minimum atomic E-state index is 0.113. The Labute approximate surface area is 148 Å². The van der Waals surface area contributed by atoms with Gasteiger partial charge in [0, 0.05) is 25.3 Å². The first kappa shape index (κ1) is 16.0. The Hall–Kier alpha value is -2.53. The zero-order valence-corrected chi connectivity index (χ0v) is 14.3. The number of ether oxygens (including phenoxy) is 1. The van der Waals surface area contributed by atoms with Crippen LogP contribution < -0.4 is 15.1 Å². The molecular formula is C20H23N3O2. The molecule has 1 saturated heterocycles. The van der Waals surface area contributed by atoms with E-state index in [1.807, 2.05) is 41.3 Å². The maximum absolute atomic E-state index is 12.7. The lowest BCUT2D eigenvalue weighted by molar-refractivity contribution is -0.116. The molecule has 2 aromatic carbocycles. The highest BCUT2D eigenvalue weighted by atomic mass is 16.5. The number of nitrogens with zero attached hydrogens (tertiary/aromatic N) is 2. The molecule has 1 N–H and O–H groups in total. The summed E-state index contributed by atoms with van der Waals surface area (Å²) in [4.78, 5) is 16.9. The van der Waals surface area contributed by atoms with Gasteiger partial charge in [0.1, 0.15) is 0 Å². The highest BCUT2D eigenvalue weighted by Gasteiger charge is 2.24. The normalized spacial score (nSPS) is 16.6. The molecule has 0 unspecified atom stereocenters. The number of benzene rings is 2. The Kier molecular flexibility index (Phi) is 4.57. The summed E-state index contributed by atoms with van der Waals surface area (Å²) >= 11 is 0. The number of hydrogen-bond acceptors (Lipinski definition) is 4. The Balaban J connectivity index is 1.44. The van der Waals surface area contributed by atoms with Crippen LogP contribution in [0.25, 0.3) is 0 Å². The third-order valence-electron chi connectivity index (χ3n) is 4.87. The van der Waals surface area contributed by atoms with Crippen molar-refractivity contribution in [2.75, 3.05) is 54.5 Å². The van der Waals surface area contributed by atoms with Crippen LogP contribution in [0.2, 0.25) is 0 Å². The number of para-hydroxylation sites is 3. The van der Waals surface area contributed by atoms with Gasteiger partial charge in [0.2, 0.25) is 5.91 Å². The highest BCUT2D eigenvalue weighted by molar-refractivity contribution is 5.98. The largest absolute Gasteiger partial charge is 0.378 e. The van der Waals surface area contributed by atoms with E-state index in [1.165, 1.54) is 5.56 Å². The van der Waals surface area contributed by atoms with Crippen LogP contribution in [0.3, 0.4) is 0 Å². The van der Waals surface area contributed by atoms with Gasteiger partial charge in [-0.1, -0.05) is 30.3 Å². The van der Waals surface area contributed by atoms with Crippen molar-refractivity contribution in [3.8, 4) is 0 Å². The number of nitrogens with one attached hydrogen (secondary N) is 1. The van der Waals surface area contributed by atoms with Gasteiger partial charge in [-0.2, -0.15) is 0 Å². The van der Waals surface area contributed by atoms with Crippen LogP contribution in [-0.2, 0) is 16.0 Å². The minimum Gasteiger partial charge on any atom is -0.378 e. The number of fused-ring (bicyclic) bond motifs is 1. The molecule has 130 valence electrons. The number of anilines is 3. The van der Waals surface area contributed by atoms with Crippen molar-refractivity contribution in [3.63, 3.8) is 0 Å². The van der Waals surface area contributed by atoms with E-state index in [1.54, 1.807) is 0 Å². The summed E-state index contributed by atoms with van der Waals surface area (Å²) in [5, 5.41) is 3.34. The summed E-state index contributed by atoms with van der Waals surface area (Å²) in [6.07, 6.45) is 0.937. The zero-order valence-electron chi connectivity index (χ0n) is 14.3. The average Bonchev–Trinajstić information content (AvgIpc) is 3.11.